The Labute approximate surface area is 182 Å². The quantitative estimate of drug-likeness (QED) is 0.371. The van der Waals surface area contributed by atoms with Gasteiger partial charge in [0, 0.05) is 25.8 Å². The van der Waals surface area contributed by atoms with Crippen molar-refractivity contribution in [2.24, 2.45) is 0 Å². The summed E-state index contributed by atoms with van der Waals surface area (Å²) >= 11 is 0. The lowest BCUT2D eigenvalue weighted by Crippen LogP contribution is -2.35. The van der Waals surface area contributed by atoms with Gasteiger partial charge in [0.15, 0.2) is 0 Å². The van der Waals surface area contributed by atoms with E-state index in [2.05, 4.69) is 10.6 Å². The van der Waals surface area contributed by atoms with E-state index in [4.69, 9.17) is 19.8 Å². The van der Waals surface area contributed by atoms with E-state index in [1.54, 1.807) is 19.1 Å². The number of rotatable bonds is 6. The third kappa shape index (κ3) is 9.03. The molecule has 0 atom stereocenters. The molecule has 1 aromatic carbocycles. The Morgan fingerprint density at radius 2 is 1.58 bits per heavy atom. The van der Waals surface area contributed by atoms with Crippen LogP contribution in [0.15, 0.2) is 23.1 Å². The second-order valence-corrected chi connectivity index (χ2v) is 9.62. The Morgan fingerprint density at radius 3 is 2.06 bits per heavy atom. The van der Waals surface area contributed by atoms with Gasteiger partial charge < -0.3 is 20.8 Å². The zero-order valence-corrected chi connectivity index (χ0v) is 18.9. The number of carbonyl (C=O) groups excluding carboxylic acids is 1. The van der Waals surface area contributed by atoms with Crippen LogP contribution >= 0.6 is 0 Å². The number of carboxylic acid groups (broad SMARTS) is 2. The highest BCUT2D eigenvalue weighted by Gasteiger charge is 2.20. The average molecular weight is 458 g/mol. The summed E-state index contributed by atoms with van der Waals surface area (Å²) in [6.45, 7) is 1.99. The smallest absolute Gasteiger partial charge is 0.414 e. The van der Waals surface area contributed by atoms with Crippen molar-refractivity contribution in [2.75, 3.05) is 26.0 Å². The van der Waals surface area contributed by atoms with E-state index in [0.717, 1.165) is 12.8 Å². The minimum Gasteiger partial charge on any atom is -0.473 e. The summed E-state index contributed by atoms with van der Waals surface area (Å²) < 4.78 is 25.9. The Bertz CT molecular complexity index is 865. The van der Waals surface area contributed by atoms with E-state index in [1.165, 1.54) is 50.2 Å². The van der Waals surface area contributed by atoms with Crippen LogP contribution in [0.25, 0.3) is 0 Å². The topological polar surface area (TPSA) is 153 Å². The summed E-state index contributed by atoms with van der Waals surface area (Å²) in [5, 5.41) is 20.9. The number of aliphatic carboxylic acids is 2. The minimum atomic E-state index is -3.53. The van der Waals surface area contributed by atoms with E-state index in [9.17, 15) is 13.2 Å². The van der Waals surface area contributed by atoms with E-state index in [1.807, 2.05) is 0 Å². The van der Waals surface area contributed by atoms with Crippen LogP contribution in [0.3, 0.4) is 0 Å². The molecule has 0 bridgehead atoms. The first-order valence-electron chi connectivity index (χ1n) is 9.97. The largest absolute Gasteiger partial charge is 0.473 e. The third-order valence-electron chi connectivity index (χ3n) is 4.82. The van der Waals surface area contributed by atoms with Crippen molar-refractivity contribution < 1.29 is 33.0 Å². The maximum atomic E-state index is 12.4. The number of hydrogen-bond acceptors (Lipinski definition) is 6. The number of aryl methyl sites for hydroxylation is 1. The Balaban J connectivity index is 0.000000703. The van der Waals surface area contributed by atoms with E-state index in [-0.39, 0.29) is 17.3 Å². The summed E-state index contributed by atoms with van der Waals surface area (Å²) in [6.07, 6.45) is 7.20. The number of nitrogens with zero attached hydrogens (tertiary/aromatic N) is 1. The first-order chi connectivity index (χ1) is 14.4. The predicted octanol–water partition coefficient (Wildman–Crippen LogP) is 1.65. The molecule has 0 saturated heterocycles. The summed E-state index contributed by atoms with van der Waals surface area (Å²) in [7, 11) is -0.539. The van der Waals surface area contributed by atoms with Gasteiger partial charge in [0.05, 0.1) is 11.4 Å². The summed E-state index contributed by atoms with van der Waals surface area (Å²) in [6, 6.07) is 5.36. The second kappa shape index (κ2) is 12.4. The number of carbonyl (C=O) groups is 3. The van der Waals surface area contributed by atoms with E-state index in [0.29, 0.717) is 17.3 Å². The van der Waals surface area contributed by atoms with Gasteiger partial charge in [-0.1, -0.05) is 31.7 Å². The number of carboxylic acids is 2. The molecule has 0 aromatic heterocycles. The fraction of sp³-hybridized carbons (Fsp3) is 0.550. The standard InChI is InChI=1S/C18H29N3O3S.C2H2O4/c1-14-10-11-16(12-17(14)25(23,24)21(2)3)20-18(22)13-19-15-8-6-4-5-7-9-15;3-1(4)2(5)6/h10-12,15,19H,4-9,13H2,1-3H3,(H,20,22);(H,3,4)(H,5,6). The van der Waals surface area contributed by atoms with Gasteiger partial charge in [-0.25, -0.2) is 22.3 Å². The van der Waals surface area contributed by atoms with Gasteiger partial charge in [-0.05, 0) is 37.5 Å². The Kier molecular flexibility index (Phi) is 10.6. The van der Waals surface area contributed by atoms with Gasteiger partial charge in [-0.2, -0.15) is 0 Å². The monoisotopic (exact) mass is 457 g/mol. The molecule has 1 saturated carbocycles. The van der Waals surface area contributed by atoms with E-state index < -0.39 is 22.0 Å². The number of benzene rings is 1. The lowest BCUT2D eigenvalue weighted by molar-refractivity contribution is -0.159. The average Bonchev–Trinajstić information content (AvgIpc) is 2.97. The molecular formula is C20H31N3O7S. The molecule has 1 aliphatic rings. The lowest BCUT2D eigenvalue weighted by Gasteiger charge is -2.17. The van der Waals surface area contributed by atoms with Crippen molar-refractivity contribution in [2.45, 2.75) is 56.4 Å². The molecule has 31 heavy (non-hydrogen) atoms. The van der Waals surface area contributed by atoms with Crippen LogP contribution in [-0.4, -0.2) is 67.5 Å². The molecule has 1 aromatic rings. The molecule has 2 rings (SSSR count). The van der Waals surface area contributed by atoms with Crippen molar-refractivity contribution in [3.63, 3.8) is 0 Å². The molecule has 0 spiro atoms. The zero-order chi connectivity index (χ0) is 23.6. The Hall–Kier alpha value is -2.50. The number of hydrogen-bond donors (Lipinski definition) is 4. The number of amides is 1. The molecule has 4 N–H and O–H groups in total. The van der Waals surface area contributed by atoms with Crippen molar-refractivity contribution in [3.8, 4) is 0 Å². The highest BCUT2D eigenvalue weighted by molar-refractivity contribution is 7.89. The molecule has 11 heteroatoms. The molecule has 174 valence electrons. The van der Waals surface area contributed by atoms with Gasteiger partial charge in [-0.3, -0.25) is 4.79 Å². The number of sulfonamides is 1. The van der Waals surface area contributed by atoms with Gasteiger partial charge in [0.2, 0.25) is 15.9 Å². The molecule has 10 nitrogen and oxygen atoms in total. The molecular weight excluding hydrogens is 426 g/mol. The highest BCUT2D eigenvalue weighted by atomic mass is 32.2. The molecule has 1 fully saturated rings. The maximum Gasteiger partial charge on any atom is 0.414 e. The predicted molar refractivity (Wildman–Crippen MR) is 115 cm³/mol. The van der Waals surface area contributed by atoms with Gasteiger partial charge in [0.25, 0.3) is 0 Å². The van der Waals surface area contributed by atoms with Gasteiger partial charge >= 0.3 is 11.9 Å². The summed E-state index contributed by atoms with van der Waals surface area (Å²) in [5.74, 6) is -3.80. The lowest BCUT2D eigenvalue weighted by atomic mass is 10.1. The molecule has 1 amide bonds. The molecule has 1 aliphatic carbocycles. The van der Waals surface area contributed by atoms with Crippen LogP contribution < -0.4 is 10.6 Å². The van der Waals surface area contributed by atoms with E-state index >= 15 is 0 Å². The van der Waals surface area contributed by atoms with Crippen molar-refractivity contribution >= 4 is 33.6 Å². The normalized spacial score (nSPS) is 14.8. The van der Waals surface area contributed by atoms with Crippen LogP contribution in [0.5, 0.6) is 0 Å². The zero-order valence-electron chi connectivity index (χ0n) is 18.1. The molecule has 0 heterocycles. The van der Waals surface area contributed by atoms with Crippen molar-refractivity contribution in [1.29, 1.82) is 0 Å². The molecule has 0 aliphatic heterocycles. The fourth-order valence-electron chi connectivity index (χ4n) is 3.08. The number of nitrogens with one attached hydrogen (secondary N) is 2. The molecule has 0 unspecified atom stereocenters. The second-order valence-electron chi connectivity index (χ2n) is 7.50. The van der Waals surface area contributed by atoms with Crippen LogP contribution in [0.2, 0.25) is 0 Å². The summed E-state index contributed by atoms with van der Waals surface area (Å²) in [5.41, 5.74) is 1.15. The molecule has 0 radical (unpaired) electrons. The van der Waals surface area contributed by atoms with Crippen molar-refractivity contribution in [3.05, 3.63) is 23.8 Å². The minimum absolute atomic E-state index is 0.152. The fourth-order valence-corrected chi connectivity index (χ4v) is 4.22. The van der Waals surface area contributed by atoms with Crippen molar-refractivity contribution in [1.82, 2.24) is 9.62 Å². The summed E-state index contributed by atoms with van der Waals surface area (Å²) in [4.78, 5) is 30.6. The van der Waals surface area contributed by atoms with Crippen LogP contribution in [0, 0.1) is 6.92 Å². The maximum absolute atomic E-state index is 12.4. The van der Waals surface area contributed by atoms with Gasteiger partial charge in [-0.15, -0.1) is 0 Å². The SMILES string of the molecule is Cc1ccc(NC(=O)CNC2CCCCCC2)cc1S(=O)(=O)N(C)C.O=C(O)C(=O)O. The first kappa shape index (κ1) is 26.5. The Morgan fingerprint density at radius 1 is 1.03 bits per heavy atom. The third-order valence-corrected chi connectivity index (χ3v) is 6.78. The van der Waals surface area contributed by atoms with Crippen LogP contribution in [0.1, 0.15) is 44.1 Å². The highest BCUT2D eigenvalue weighted by Crippen LogP contribution is 2.22. The number of anilines is 1. The van der Waals surface area contributed by atoms with Crippen LogP contribution in [0.4, 0.5) is 5.69 Å². The van der Waals surface area contributed by atoms with Gasteiger partial charge in [0.1, 0.15) is 0 Å². The first-order valence-corrected chi connectivity index (χ1v) is 11.4. The van der Waals surface area contributed by atoms with Crippen LogP contribution in [-0.2, 0) is 24.4 Å².